The molecule has 0 spiro atoms. The highest BCUT2D eigenvalue weighted by Crippen LogP contribution is 2.22. The van der Waals surface area contributed by atoms with Crippen LogP contribution in [0.1, 0.15) is 71.1 Å². The van der Waals surface area contributed by atoms with Crippen molar-refractivity contribution in [2.24, 2.45) is 5.92 Å². The molecule has 1 fully saturated rings. The number of aliphatic hydroxyl groups is 2. The van der Waals surface area contributed by atoms with Crippen LogP contribution in [0.25, 0.3) is 0 Å². The van der Waals surface area contributed by atoms with Gasteiger partial charge in [-0.3, -0.25) is 4.79 Å². The van der Waals surface area contributed by atoms with Gasteiger partial charge in [0.15, 0.2) is 0 Å². The maximum atomic E-state index is 12.6. The minimum absolute atomic E-state index is 0.161. The molecule has 0 aromatic carbocycles. The van der Waals surface area contributed by atoms with Crippen LogP contribution < -0.4 is 0 Å². The maximum absolute atomic E-state index is 12.6. The highest BCUT2D eigenvalue weighted by molar-refractivity contribution is 5.78. The van der Waals surface area contributed by atoms with E-state index in [0.29, 0.717) is 12.3 Å². The van der Waals surface area contributed by atoms with Crippen molar-refractivity contribution in [2.75, 3.05) is 19.7 Å². The lowest BCUT2D eigenvalue weighted by Gasteiger charge is -2.30. The molecule has 4 nitrogen and oxygen atoms in total. The molecular weight excluding hydrogens is 266 g/mol. The Morgan fingerprint density at radius 3 is 2.29 bits per heavy atom. The van der Waals surface area contributed by atoms with Crippen LogP contribution in [0, 0.1) is 5.92 Å². The summed E-state index contributed by atoms with van der Waals surface area (Å²) in [6.07, 6.45) is 9.60. The smallest absolute Gasteiger partial charge is 0.225 e. The van der Waals surface area contributed by atoms with E-state index < -0.39 is 6.10 Å². The number of likely N-dealkylation sites (tertiary alicyclic amines) is 1. The van der Waals surface area contributed by atoms with Crippen molar-refractivity contribution in [3.05, 3.63) is 0 Å². The van der Waals surface area contributed by atoms with Gasteiger partial charge < -0.3 is 15.1 Å². The van der Waals surface area contributed by atoms with E-state index in [4.69, 9.17) is 5.11 Å². The molecule has 124 valence electrons. The van der Waals surface area contributed by atoms with Crippen LogP contribution in [0.3, 0.4) is 0 Å². The zero-order valence-electron chi connectivity index (χ0n) is 13.6. The highest BCUT2D eigenvalue weighted by Gasteiger charge is 2.24. The summed E-state index contributed by atoms with van der Waals surface area (Å²) in [6.45, 7) is 3.88. The number of amides is 1. The first-order chi connectivity index (χ1) is 10.2. The average molecular weight is 299 g/mol. The third kappa shape index (κ3) is 7.28. The van der Waals surface area contributed by atoms with E-state index in [-0.39, 0.29) is 12.5 Å². The molecule has 2 atom stereocenters. The fourth-order valence-corrected chi connectivity index (χ4v) is 3.08. The van der Waals surface area contributed by atoms with E-state index in [1.54, 1.807) is 0 Å². The first-order valence-electron chi connectivity index (χ1n) is 8.76. The predicted molar refractivity (Wildman–Crippen MR) is 85.0 cm³/mol. The summed E-state index contributed by atoms with van der Waals surface area (Å²) in [6, 6.07) is 0. The molecule has 1 heterocycles. The summed E-state index contributed by atoms with van der Waals surface area (Å²) < 4.78 is 0. The Bertz CT molecular complexity index is 277. The van der Waals surface area contributed by atoms with Gasteiger partial charge in [-0.15, -0.1) is 0 Å². The number of carbonyl (C=O) groups is 1. The fourth-order valence-electron chi connectivity index (χ4n) is 3.08. The van der Waals surface area contributed by atoms with Gasteiger partial charge in [0.05, 0.1) is 12.7 Å². The Morgan fingerprint density at radius 2 is 1.67 bits per heavy atom. The van der Waals surface area contributed by atoms with E-state index in [1.807, 2.05) is 0 Å². The van der Waals surface area contributed by atoms with E-state index in [1.165, 1.54) is 6.42 Å². The minimum atomic E-state index is -0.600. The number of aliphatic hydroxyl groups excluding tert-OH is 2. The van der Waals surface area contributed by atoms with Gasteiger partial charge >= 0.3 is 0 Å². The van der Waals surface area contributed by atoms with Gasteiger partial charge in [-0.1, -0.05) is 32.6 Å². The lowest BCUT2D eigenvalue weighted by Crippen LogP contribution is -2.39. The quantitative estimate of drug-likeness (QED) is 0.610. The van der Waals surface area contributed by atoms with Gasteiger partial charge in [-0.05, 0) is 38.5 Å². The van der Waals surface area contributed by atoms with Crippen LogP contribution in [0.4, 0.5) is 0 Å². The van der Waals surface area contributed by atoms with Crippen molar-refractivity contribution in [1.29, 1.82) is 0 Å². The number of nitrogens with zero attached hydrogens (tertiary/aromatic N) is 1. The predicted octanol–water partition coefficient (Wildman–Crippen LogP) is 2.72. The normalized spacial score (nSPS) is 18.5. The van der Waals surface area contributed by atoms with Gasteiger partial charge in [0, 0.05) is 19.0 Å². The summed E-state index contributed by atoms with van der Waals surface area (Å²) in [4.78, 5) is 14.7. The molecule has 0 radical (unpaired) electrons. The van der Waals surface area contributed by atoms with Crippen LogP contribution in [-0.4, -0.2) is 46.8 Å². The molecule has 0 aromatic rings. The summed E-state index contributed by atoms with van der Waals surface area (Å²) >= 11 is 0. The molecule has 2 unspecified atom stereocenters. The summed E-state index contributed by atoms with van der Waals surface area (Å²) in [5.41, 5.74) is 0. The van der Waals surface area contributed by atoms with Crippen molar-refractivity contribution < 1.29 is 15.0 Å². The lowest BCUT2D eigenvalue weighted by atomic mass is 9.93. The summed E-state index contributed by atoms with van der Waals surface area (Å²) in [7, 11) is 0. The monoisotopic (exact) mass is 299 g/mol. The molecule has 1 amide bonds. The number of unbranched alkanes of at least 4 members (excludes halogenated alkanes) is 2. The van der Waals surface area contributed by atoms with Gasteiger partial charge in [-0.2, -0.15) is 0 Å². The minimum Gasteiger partial charge on any atom is -0.394 e. The van der Waals surface area contributed by atoms with E-state index in [0.717, 1.165) is 64.5 Å². The molecule has 0 aliphatic carbocycles. The fraction of sp³-hybridized carbons (Fsp3) is 0.941. The summed E-state index contributed by atoms with van der Waals surface area (Å²) in [5, 5.41) is 18.2. The second-order valence-corrected chi connectivity index (χ2v) is 6.35. The Kier molecular flexibility index (Phi) is 9.68. The van der Waals surface area contributed by atoms with Crippen molar-refractivity contribution in [2.45, 2.75) is 77.2 Å². The Labute approximate surface area is 129 Å². The molecule has 1 saturated heterocycles. The second kappa shape index (κ2) is 11.0. The number of piperidine rings is 1. The molecule has 0 saturated carbocycles. The largest absolute Gasteiger partial charge is 0.394 e. The molecule has 1 aliphatic heterocycles. The maximum Gasteiger partial charge on any atom is 0.225 e. The topological polar surface area (TPSA) is 60.8 Å². The zero-order valence-corrected chi connectivity index (χ0v) is 13.6. The molecule has 21 heavy (non-hydrogen) atoms. The lowest BCUT2D eigenvalue weighted by molar-refractivity contribution is -0.137. The first-order valence-corrected chi connectivity index (χ1v) is 8.76. The van der Waals surface area contributed by atoms with E-state index in [9.17, 15) is 9.90 Å². The molecule has 0 aromatic heterocycles. The van der Waals surface area contributed by atoms with Crippen LogP contribution in [0.2, 0.25) is 0 Å². The Balaban J connectivity index is 2.36. The number of hydrogen-bond acceptors (Lipinski definition) is 3. The number of carbonyl (C=O) groups excluding carboxylic acids is 1. The average Bonchev–Trinajstić information content (AvgIpc) is 2.54. The second-order valence-electron chi connectivity index (χ2n) is 6.35. The molecule has 0 bridgehead atoms. The molecule has 4 heteroatoms. The highest BCUT2D eigenvalue weighted by atomic mass is 16.3. The third-order valence-corrected chi connectivity index (χ3v) is 4.47. The van der Waals surface area contributed by atoms with Crippen molar-refractivity contribution >= 4 is 5.91 Å². The third-order valence-electron chi connectivity index (χ3n) is 4.47. The van der Waals surface area contributed by atoms with E-state index >= 15 is 0 Å². The number of hydrogen-bond donors (Lipinski definition) is 2. The van der Waals surface area contributed by atoms with Crippen LogP contribution in [0.5, 0.6) is 0 Å². The number of rotatable bonds is 10. The van der Waals surface area contributed by atoms with Gasteiger partial charge in [0.25, 0.3) is 0 Å². The molecule has 1 rings (SSSR count). The molecule has 1 aliphatic rings. The zero-order chi connectivity index (χ0) is 15.5. The van der Waals surface area contributed by atoms with E-state index in [2.05, 4.69) is 11.8 Å². The van der Waals surface area contributed by atoms with Gasteiger partial charge in [0.2, 0.25) is 5.91 Å². The van der Waals surface area contributed by atoms with Crippen molar-refractivity contribution in [1.82, 2.24) is 4.90 Å². The van der Waals surface area contributed by atoms with Crippen LogP contribution in [0.15, 0.2) is 0 Å². The SMILES string of the molecule is CCCCC(CCCCC(O)CO)C(=O)N1CCCCC1. The standard InChI is InChI=1S/C17H33NO3/c1-2-3-9-15(10-5-6-11-16(20)14-19)17(21)18-12-7-4-8-13-18/h15-16,19-20H,2-14H2,1H3. The van der Waals surface area contributed by atoms with Gasteiger partial charge in [0.1, 0.15) is 0 Å². The summed E-state index contributed by atoms with van der Waals surface area (Å²) in [5.74, 6) is 0.514. The first kappa shape index (κ1) is 18.4. The van der Waals surface area contributed by atoms with Crippen LogP contribution in [-0.2, 0) is 4.79 Å². The Morgan fingerprint density at radius 1 is 1.05 bits per heavy atom. The van der Waals surface area contributed by atoms with Crippen molar-refractivity contribution in [3.63, 3.8) is 0 Å². The van der Waals surface area contributed by atoms with Crippen LogP contribution >= 0.6 is 0 Å². The molecular formula is C17H33NO3. The van der Waals surface area contributed by atoms with Crippen molar-refractivity contribution in [3.8, 4) is 0 Å². The Hall–Kier alpha value is -0.610. The van der Waals surface area contributed by atoms with Gasteiger partial charge in [-0.25, -0.2) is 0 Å². The molecule has 2 N–H and O–H groups in total.